The summed E-state index contributed by atoms with van der Waals surface area (Å²) in [7, 11) is 4.14. The molecule has 96 valence electrons. The second kappa shape index (κ2) is 6.03. The summed E-state index contributed by atoms with van der Waals surface area (Å²) in [5.41, 5.74) is 7.13. The number of nitrogens with two attached hydrogens (primary N) is 1. The number of nitrogens with zero attached hydrogens (tertiary/aromatic N) is 1. The molecule has 3 nitrogen and oxygen atoms in total. The number of likely N-dealkylation sites (N-methyl/N-ethyl adjacent to an activating group) is 1. The predicted molar refractivity (Wildman–Crippen MR) is 72.5 cm³/mol. The van der Waals surface area contributed by atoms with Gasteiger partial charge in [0.05, 0.1) is 6.61 Å². The van der Waals surface area contributed by atoms with Gasteiger partial charge in [0.2, 0.25) is 0 Å². The summed E-state index contributed by atoms with van der Waals surface area (Å²) < 4.78 is 5.51. The maximum absolute atomic E-state index is 5.88. The van der Waals surface area contributed by atoms with Crippen molar-refractivity contribution < 1.29 is 4.74 Å². The first-order valence-corrected chi connectivity index (χ1v) is 6.11. The SMILES string of the molecule is CCOc1cccc(CC(C)(CN)N(C)C)c1. The van der Waals surface area contributed by atoms with E-state index in [2.05, 4.69) is 38.1 Å². The second-order valence-corrected chi connectivity index (χ2v) is 4.85. The Morgan fingerprint density at radius 1 is 1.35 bits per heavy atom. The third kappa shape index (κ3) is 3.72. The van der Waals surface area contributed by atoms with Crippen molar-refractivity contribution in [2.75, 3.05) is 27.2 Å². The predicted octanol–water partition coefficient (Wildman–Crippen LogP) is 1.91. The van der Waals surface area contributed by atoms with Crippen LogP contribution in [0.2, 0.25) is 0 Å². The summed E-state index contributed by atoms with van der Waals surface area (Å²) in [6, 6.07) is 8.25. The summed E-state index contributed by atoms with van der Waals surface area (Å²) >= 11 is 0. The fraction of sp³-hybridized carbons (Fsp3) is 0.571. The van der Waals surface area contributed by atoms with Crippen molar-refractivity contribution in [3.8, 4) is 5.75 Å². The Kier molecular flexibility index (Phi) is 4.97. The minimum Gasteiger partial charge on any atom is -0.494 e. The Bertz CT molecular complexity index is 352. The van der Waals surface area contributed by atoms with Gasteiger partial charge < -0.3 is 15.4 Å². The van der Waals surface area contributed by atoms with E-state index in [0.717, 1.165) is 12.2 Å². The number of hydrogen-bond donors (Lipinski definition) is 1. The lowest BCUT2D eigenvalue weighted by molar-refractivity contribution is 0.181. The van der Waals surface area contributed by atoms with Gasteiger partial charge in [-0.25, -0.2) is 0 Å². The highest BCUT2D eigenvalue weighted by Gasteiger charge is 2.25. The minimum atomic E-state index is -0.00909. The van der Waals surface area contributed by atoms with Crippen LogP contribution in [0.4, 0.5) is 0 Å². The minimum absolute atomic E-state index is 0.00909. The summed E-state index contributed by atoms with van der Waals surface area (Å²) in [6.45, 7) is 5.51. The average Bonchev–Trinajstić information content (AvgIpc) is 2.29. The summed E-state index contributed by atoms with van der Waals surface area (Å²) in [5, 5.41) is 0. The molecule has 17 heavy (non-hydrogen) atoms. The standard InChI is InChI=1S/C14H24N2O/c1-5-17-13-8-6-7-12(9-13)10-14(2,11-15)16(3)4/h6-9H,5,10-11,15H2,1-4H3. The Balaban J connectivity index is 2.83. The van der Waals surface area contributed by atoms with Gasteiger partial charge in [-0.1, -0.05) is 12.1 Å². The fourth-order valence-corrected chi connectivity index (χ4v) is 1.76. The molecule has 0 spiro atoms. The van der Waals surface area contributed by atoms with Crippen molar-refractivity contribution in [2.24, 2.45) is 5.73 Å². The van der Waals surface area contributed by atoms with Crippen LogP contribution in [0.15, 0.2) is 24.3 Å². The van der Waals surface area contributed by atoms with Gasteiger partial charge in [0.15, 0.2) is 0 Å². The van der Waals surface area contributed by atoms with Gasteiger partial charge in [0.1, 0.15) is 5.75 Å². The second-order valence-electron chi connectivity index (χ2n) is 4.85. The maximum Gasteiger partial charge on any atom is 0.119 e. The van der Waals surface area contributed by atoms with Crippen molar-refractivity contribution in [2.45, 2.75) is 25.8 Å². The van der Waals surface area contributed by atoms with Crippen LogP contribution in [0, 0.1) is 0 Å². The summed E-state index contributed by atoms with van der Waals surface area (Å²) in [4.78, 5) is 2.18. The lowest BCUT2D eigenvalue weighted by Gasteiger charge is -2.35. The van der Waals surface area contributed by atoms with Gasteiger partial charge in [-0.15, -0.1) is 0 Å². The lowest BCUT2D eigenvalue weighted by atomic mass is 9.91. The first kappa shape index (κ1) is 14.0. The molecule has 0 aliphatic carbocycles. The van der Waals surface area contributed by atoms with Gasteiger partial charge in [0, 0.05) is 12.1 Å². The molecule has 2 N–H and O–H groups in total. The Morgan fingerprint density at radius 3 is 2.59 bits per heavy atom. The van der Waals surface area contributed by atoms with Crippen LogP contribution < -0.4 is 10.5 Å². The van der Waals surface area contributed by atoms with Gasteiger partial charge in [-0.2, -0.15) is 0 Å². The highest BCUT2D eigenvalue weighted by atomic mass is 16.5. The molecule has 0 radical (unpaired) electrons. The summed E-state index contributed by atoms with van der Waals surface area (Å²) in [6.07, 6.45) is 0.928. The monoisotopic (exact) mass is 236 g/mol. The largest absolute Gasteiger partial charge is 0.494 e. The molecular weight excluding hydrogens is 212 g/mol. The number of rotatable bonds is 6. The van der Waals surface area contributed by atoms with Crippen LogP contribution in [-0.2, 0) is 6.42 Å². The van der Waals surface area contributed by atoms with Crippen molar-refractivity contribution in [3.05, 3.63) is 29.8 Å². The molecular formula is C14H24N2O. The van der Waals surface area contributed by atoms with Gasteiger partial charge in [-0.3, -0.25) is 0 Å². The first-order valence-electron chi connectivity index (χ1n) is 6.11. The molecule has 1 atom stereocenters. The summed E-state index contributed by atoms with van der Waals surface area (Å²) in [5.74, 6) is 0.933. The van der Waals surface area contributed by atoms with Crippen LogP contribution in [0.1, 0.15) is 19.4 Å². The molecule has 3 heteroatoms. The van der Waals surface area contributed by atoms with Crippen LogP contribution in [0.25, 0.3) is 0 Å². The molecule has 0 amide bonds. The normalized spacial score (nSPS) is 14.7. The molecule has 0 aromatic heterocycles. The van der Waals surface area contributed by atoms with Crippen LogP contribution in [0.3, 0.4) is 0 Å². The van der Waals surface area contributed by atoms with E-state index in [9.17, 15) is 0 Å². The Hall–Kier alpha value is -1.06. The van der Waals surface area contributed by atoms with E-state index >= 15 is 0 Å². The molecule has 0 saturated carbocycles. The van der Waals surface area contributed by atoms with Crippen LogP contribution in [0.5, 0.6) is 5.75 Å². The van der Waals surface area contributed by atoms with E-state index in [0.29, 0.717) is 13.2 Å². The van der Waals surface area contributed by atoms with E-state index in [-0.39, 0.29) is 5.54 Å². The van der Waals surface area contributed by atoms with E-state index < -0.39 is 0 Å². The lowest BCUT2D eigenvalue weighted by Crippen LogP contribution is -2.49. The average molecular weight is 236 g/mol. The molecule has 0 fully saturated rings. The van der Waals surface area contributed by atoms with Gasteiger partial charge >= 0.3 is 0 Å². The number of benzene rings is 1. The molecule has 0 bridgehead atoms. The molecule has 0 aliphatic heterocycles. The van der Waals surface area contributed by atoms with Crippen molar-refractivity contribution >= 4 is 0 Å². The number of hydrogen-bond acceptors (Lipinski definition) is 3. The van der Waals surface area contributed by atoms with Gasteiger partial charge in [0.25, 0.3) is 0 Å². The zero-order valence-electron chi connectivity index (χ0n) is 11.4. The molecule has 1 unspecified atom stereocenters. The van der Waals surface area contributed by atoms with Crippen LogP contribution >= 0.6 is 0 Å². The van der Waals surface area contributed by atoms with Crippen molar-refractivity contribution in [3.63, 3.8) is 0 Å². The first-order chi connectivity index (χ1) is 8.01. The zero-order valence-corrected chi connectivity index (χ0v) is 11.4. The van der Waals surface area contributed by atoms with Crippen LogP contribution in [-0.4, -0.2) is 37.7 Å². The molecule has 1 aromatic rings. The third-order valence-corrected chi connectivity index (χ3v) is 3.31. The van der Waals surface area contributed by atoms with E-state index in [4.69, 9.17) is 10.5 Å². The van der Waals surface area contributed by atoms with E-state index in [1.807, 2.05) is 19.1 Å². The quantitative estimate of drug-likeness (QED) is 0.820. The molecule has 0 heterocycles. The van der Waals surface area contributed by atoms with E-state index in [1.165, 1.54) is 5.56 Å². The number of ether oxygens (including phenoxy) is 1. The van der Waals surface area contributed by atoms with Crippen molar-refractivity contribution in [1.82, 2.24) is 4.90 Å². The maximum atomic E-state index is 5.88. The zero-order chi connectivity index (χ0) is 12.9. The highest BCUT2D eigenvalue weighted by molar-refractivity contribution is 5.29. The van der Waals surface area contributed by atoms with E-state index in [1.54, 1.807) is 0 Å². The fourth-order valence-electron chi connectivity index (χ4n) is 1.76. The Labute approximate surface area is 105 Å². The van der Waals surface area contributed by atoms with Gasteiger partial charge in [-0.05, 0) is 52.1 Å². The molecule has 0 saturated heterocycles. The molecule has 0 aliphatic rings. The molecule has 1 aromatic carbocycles. The molecule has 1 rings (SSSR count). The highest BCUT2D eigenvalue weighted by Crippen LogP contribution is 2.20. The smallest absolute Gasteiger partial charge is 0.119 e. The topological polar surface area (TPSA) is 38.5 Å². The van der Waals surface area contributed by atoms with Crippen molar-refractivity contribution in [1.29, 1.82) is 0 Å². The third-order valence-electron chi connectivity index (χ3n) is 3.31. The Morgan fingerprint density at radius 2 is 2.06 bits per heavy atom.